The van der Waals surface area contributed by atoms with Crippen molar-refractivity contribution in [1.29, 1.82) is 0 Å². The molecule has 1 aromatic carbocycles. The van der Waals surface area contributed by atoms with Crippen molar-refractivity contribution in [2.75, 3.05) is 11.5 Å². The van der Waals surface area contributed by atoms with Gasteiger partial charge in [0, 0.05) is 11.5 Å². The molecular weight excluding hydrogens is 344 g/mol. The van der Waals surface area contributed by atoms with Gasteiger partial charge >= 0.3 is 0 Å². The lowest BCUT2D eigenvalue weighted by Gasteiger charge is -2.56. The lowest BCUT2D eigenvalue weighted by Crippen LogP contribution is -2.47. The Morgan fingerprint density at radius 1 is 1.20 bits per heavy atom. The lowest BCUT2D eigenvalue weighted by atomic mass is 9.53. The van der Waals surface area contributed by atoms with Gasteiger partial charge in [0.05, 0.1) is 4.08 Å². The molecule has 1 aliphatic heterocycles. The summed E-state index contributed by atoms with van der Waals surface area (Å²) in [7, 11) is 0. The second-order valence-electron chi connectivity index (χ2n) is 9.13. The summed E-state index contributed by atoms with van der Waals surface area (Å²) in [6, 6.07) is 6.20. The van der Waals surface area contributed by atoms with Crippen molar-refractivity contribution in [2.45, 2.75) is 69.3 Å². The van der Waals surface area contributed by atoms with E-state index in [9.17, 15) is 5.11 Å². The normalized spacial score (nSPS) is 33.4. The molecule has 4 rings (SSSR count). The van der Waals surface area contributed by atoms with Crippen LogP contribution in [0.2, 0.25) is 0 Å². The van der Waals surface area contributed by atoms with Crippen LogP contribution >= 0.6 is 23.5 Å². The van der Waals surface area contributed by atoms with Gasteiger partial charge in [0.15, 0.2) is 0 Å². The highest BCUT2D eigenvalue weighted by Gasteiger charge is 2.55. The first-order valence-electron chi connectivity index (χ1n) is 10.0. The number of fused-ring (bicyclic) bond motifs is 3. The standard InChI is InChI=1S/C22H32OS2/c1-15(2)4-5-17-13-22(24-10-11-25-22)14-20-19-7-6-18(23)12-16(19)8-9-21(17,20)3/h6-7,12,15,17,20,23H,4-5,8-11,13-14H2,1-3H3. The molecule has 25 heavy (non-hydrogen) atoms. The number of rotatable bonds is 3. The van der Waals surface area contributed by atoms with E-state index in [2.05, 4.69) is 50.4 Å². The number of phenolic OH excluding ortho intramolecular Hbond substituents is 1. The van der Waals surface area contributed by atoms with E-state index in [0.29, 0.717) is 21.2 Å². The fourth-order valence-corrected chi connectivity index (χ4v) is 9.07. The van der Waals surface area contributed by atoms with Crippen molar-refractivity contribution < 1.29 is 5.11 Å². The van der Waals surface area contributed by atoms with Gasteiger partial charge in [0.2, 0.25) is 0 Å². The van der Waals surface area contributed by atoms with Crippen LogP contribution in [0.4, 0.5) is 0 Å². The summed E-state index contributed by atoms with van der Waals surface area (Å²) in [4.78, 5) is 0. The van der Waals surface area contributed by atoms with Crippen LogP contribution in [-0.4, -0.2) is 20.7 Å². The van der Waals surface area contributed by atoms with Crippen molar-refractivity contribution in [1.82, 2.24) is 0 Å². The van der Waals surface area contributed by atoms with Gasteiger partial charge in [-0.25, -0.2) is 0 Å². The summed E-state index contributed by atoms with van der Waals surface area (Å²) in [6.07, 6.45) is 7.93. The predicted octanol–water partition coefficient (Wildman–Crippen LogP) is 6.45. The summed E-state index contributed by atoms with van der Waals surface area (Å²) in [5, 5.41) is 9.94. The second-order valence-corrected chi connectivity index (χ2v) is 12.3. The molecule has 1 saturated heterocycles. The minimum Gasteiger partial charge on any atom is -0.508 e. The summed E-state index contributed by atoms with van der Waals surface area (Å²) in [5.41, 5.74) is 3.40. The lowest BCUT2D eigenvalue weighted by molar-refractivity contribution is 0.0539. The zero-order valence-corrected chi connectivity index (χ0v) is 17.5. The molecule has 1 aromatic rings. The minimum absolute atomic E-state index is 0.438. The summed E-state index contributed by atoms with van der Waals surface area (Å²) in [6.45, 7) is 7.34. The molecule has 3 unspecified atom stereocenters. The minimum atomic E-state index is 0.438. The maximum Gasteiger partial charge on any atom is 0.115 e. The number of benzene rings is 1. The molecular formula is C22H32OS2. The average Bonchev–Trinajstić information content (AvgIpc) is 3.02. The van der Waals surface area contributed by atoms with E-state index in [1.165, 1.54) is 49.2 Å². The van der Waals surface area contributed by atoms with Crippen molar-refractivity contribution >= 4 is 23.5 Å². The Bertz CT molecular complexity index is 635. The molecule has 2 aliphatic carbocycles. The molecule has 1 spiro atoms. The molecule has 1 nitrogen and oxygen atoms in total. The Morgan fingerprint density at radius 3 is 2.68 bits per heavy atom. The highest BCUT2D eigenvalue weighted by atomic mass is 32.2. The molecule has 3 aliphatic rings. The Labute approximate surface area is 161 Å². The summed E-state index contributed by atoms with van der Waals surface area (Å²) in [5.74, 6) is 5.40. The van der Waals surface area contributed by atoms with E-state index < -0.39 is 0 Å². The number of hydrogen-bond acceptors (Lipinski definition) is 3. The van der Waals surface area contributed by atoms with Crippen LogP contribution in [0.1, 0.15) is 69.9 Å². The number of phenols is 1. The third-order valence-corrected chi connectivity index (χ3v) is 10.6. The van der Waals surface area contributed by atoms with Crippen molar-refractivity contribution in [3.63, 3.8) is 0 Å². The third-order valence-electron chi connectivity index (χ3n) is 7.14. The number of aryl methyl sites for hydroxylation is 1. The zero-order chi connectivity index (χ0) is 17.7. The maximum atomic E-state index is 9.94. The second kappa shape index (κ2) is 6.71. The highest BCUT2D eigenvalue weighted by molar-refractivity contribution is 8.21. The van der Waals surface area contributed by atoms with Gasteiger partial charge in [-0.2, -0.15) is 0 Å². The van der Waals surface area contributed by atoms with E-state index >= 15 is 0 Å². The first-order valence-corrected chi connectivity index (χ1v) is 12.0. The molecule has 0 amide bonds. The first kappa shape index (κ1) is 18.1. The van der Waals surface area contributed by atoms with Crippen molar-refractivity contribution in [3.8, 4) is 5.75 Å². The SMILES string of the molecule is CC(C)CCC1CC2(CC3c4ccc(O)cc4CCC13C)SCCS2. The maximum absolute atomic E-state index is 9.94. The van der Waals surface area contributed by atoms with Gasteiger partial charge in [-0.3, -0.25) is 0 Å². The molecule has 1 N–H and O–H groups in total. The Balaban J connectivity index is 1.71. The molecule has 0 aromatic heterocycles. The molecule has 1 heterocycles. The van der Waals surface area contributed by atoms with Crippen molar-refractivity contribution in [2.24, 2.45) is 17.3 Å². The van der Waals surface area contributed by atoms with Gasteiger partial charge in [0.1, 0.15) is 5.75 Å². The quantitative estimate of drug-likeness (QED) is 0.654. The van der Waals surface area contributed by atoms with Crippen LogP contribution < -0.4 is 0 Å². The molecule has 2 fully saturated rings. The monoisotopic (exact) mass is 376 g/mol. The highest BCUT2D eigenvalue weighted by Crippen LogP contribution is 2.66. The Kier molecular flexibility index (Phi) is 4.86. The van der Waals surface area contributed by atoms with Crippen LogP contribution in [-0.2, 0) is 6.42 Å². The molecule has 0 radical (unpaired) electrons. The van der Waals surface area contributed by atoms with Crippen LogP contribution in [0.15, 0.2) is 18.2 Å². The van der Waals surface area contributed by atoms with Crippen LogP contribution in [0, 0.1) is 17.3 Å². The van der Waals surface area contributed by atoms with Crippen molar-refractivity contribution in [3.05, 3.63) is 29.3 Å². The molecule has 0 bridgehead atoms. The zero-order valence-electron chi connectivity index (χ0n) is 15.9. The smallest absolute Gasteiger partial charge is 0.115 e. The number of aromatic hydroxyl groups is 1. The van der Waals surface area contributed by atoms with Crippen LogP contribution in [0.5, 0.6) is 5.75 Å². The summed E-state index contributed by atoms with van der Waals surface area (Å²) < 4.78 is 0.457. The first-order chi connectivity index (χ1) is 11.9. The van der Waals surface area contributed by atoms with Crippen LogP contribution in [0.3, 0.4) is 0 Å². The largest absolute Gasteiger partial charge is 0.508 e. The summed E-state index contributed by atoms with van der Waals surface area (Å²) >= 11 is 4.50. The topological polar surface area (TPSA) is 20.2 Å². The third kappa shape index (κ3) is 3.25. The predicted molar refractivity (Wildman–Crippen MR) is 112 cm³/mol. The van der Waals surface area contributed by atoms with Gasteiger partial charge in [-0.1, -0.05) is 33.3 Å². The Morgan fingerprint density at radius 2 is 1.96 bits per heavy atom. The van der Waals surface area contributed by atoms with E-state index in [1.54, 1.807) is 5.56 Å². The van der Waals surface area contributed by atoms with Gasteiger partial charge in [0.25, 0.3) is 0 Å². The van der Waals surface area contributed by atoms with E-state index in [-0.39, 0.29) is 0 Å². The van der Waals surface area contributed by atoms with E-state index in [0.717, 1.165) is 18.3 Å². The fraction of sp³-hybridized carbons (Fsp3) is 0.727. The molecule has 3 atom stereocenters. The Hall–Kier alpha value is -0.280. The van der Waals surface area contributed by atoms with E-state index in [4.69, 9.17) is 0 Å². The molecule has 3 heteroatoms. The van der Waals surface area contributed by atoms with Crippen LogP contribution in [0.25, 0.3) is 0 Å². The molecule has 138 valence electrons. The van der Waals surface area contributed by atoms with Gasteiger partial charge in [-0.05, 0) is 78.5 Å². The average molecular weight is 377 g/mol. The number of hydrogen-bond donors (Lipinski definition) is 1. The van der Waals surface area contributed by atoms with Gasteiger partial charge < -0.3 is 5.11 Å². The fourth-order valence-electron chi connectivity index (χ4n) is 5.62. The van der Waals surface area contributed by atoms with E-state index in [1.807, 2.05) is 12.1 Å². The number of thioether (sulfide) groups is 2. The van der Waals surface area contributed by atoms with Gasteiger partial charge in [-0.15, -0.1) is 23.5 Å². The molecule has 1 saturated carbocycles.